The fraction of sp³-hybridized carbons (Fsp3) is 0.278. The van der Waals surface area contributed by atoms with Gasteiger partial charge >= 0.3 is 0 Å². The average Bonchev–Trinajstić information content (AvgIpc) is 2.49. The third-order valence-corrected chi connectivity index (χ3v) is 5.36. The molecule has 1 N–H and O–H groups in total. The van der Waals surface area contributed by atoms with E-state index in [9.17, 15) is 5.11 Å². The van der Waals surface area contributed by atoms with Crippen LogP contribution in [0.1, 0.15) is 35.7 Å². The van der Waals surface area contributed by atoms with E-state index in [4.69, 9.17) is 0 Å². The minimum atomic E-state index is 0.344. The van der Waals surface area contributed by atoms with Crippen LogP contribution in [0.5, 0.6) is 5.75 Å². The highest BCUT2D eigenvalue weighted by atomic mass is 31.1. The van der Waals surface area contributed by atoms with Gasteiger partial charge in [0, 0.05) is 24.5 Å². The molecule has 0 aliphatic heterocycles. The van der Waals surface area contributed by atoms with Crippen LogP contribution in [0.3, 0.4) is 0 Å². The van der Waals surface area contributed by atoms with E-state index in [2.05, 4.69) is 43.1 Å². The van der Waals surface area contributed by atoms with Gasteiger partial charge in [-0.05, 0) is 30.3 Å². The van der Waals surface area contributed by atoms with E-state index in [-0.39, 0.29) is 0 Å². The fourth-order valence-corrected chi connectivity index (χ4v) is 3.89. The Bertz CT molecular complexity index is 637. The lowest BCUT2D eigenvalue weighted by Crippen LogP contribution is -2.06. The van der Waals surface area contributed by atoms with Crippen LogP contribution in [0.25, 0.3) is 0 Å². The van der Waals surface area contributed by atoms with Crippen molar-refractivity contribution in [2.45, 2.75) is 25.9 Å². The Morgan fingerprint density at radius 2 is 2.00 bits per heavy atom. The van der Waals surface area contributed by atoms with E-state index in [0.29, 0.717) is 20.0 Å². The van der Waals surface area contributed by atoms with Gasteiger partial charge in [-0.2, -0.15) is 0 Å². The predicted molar refractivity (Wildman–Crippen MR) is 93.8 cm³/mol. The second-order valence-corrected chi connectivity index (χ2v) is 6.67. The molecule has 110 valence electrons. The largest absolute Gasteiger partial charge is 0.508 e. The van der Waals surface area contributed by atoms with Crippen LogP contribution in [-0.4, -0.2) is 18.4 Å². The predicted octanol–water partition coefficient (Wildman–Crippen LogP) is 4.20. The van der Waals surface area contributed by atoms with Crippen molar-refractivity contribution >= 4 is 20.1 Å². The molecule has 2 rings (SSSR count). The summed E-state index contributed by atoms with van der Waals surface area (Å²) >= 11 is 0. The molecule has 2 aromatic carbocycles. The molecule has 2 aromatic rings. The topological polar surface area (TPSA) is 32.6 Å². The van der Waals surface area contributed by atoms with E-state index in [0.717, 1.165) is 12.0 Å². The van der Waals surface area contributed by atoms with Crippen LogP contribution in [0.4, 0.5) is 0 Å². The van der Waals surface area contributed by atoms with Crippen molar-refractivity contribution in [3.63, 3.8) is 0 Å². The van der Waals surface area contributed by atoms with Gasteiger partial charge in [-0.1, -0.05) is 57.5 Å². The van der Waals surface area contributed by atoms with Crippen molar-refractivity contribution in [3.8, 4) is 5.75 Å². The quantitative estimate of drug-likeness (QED) is 0.651. The number of aryl methyl sites for hydroxylation is 1. The summed E-state index contributed by atoms with van der Waals surface area (Å²) in [4.78, 5) is 4.13. The molecular formula is C18H22NOP. The van der Waals surface area contributed by atoms with Crippen LogP contribution in [0.15, 0.2) is 47.5 Å². The van der Waals surface area contributed by atoms with E-state index < -0.39 is 0 Å². The summed E-state index contributed by atoms with van der Waals surface area (Å²) in [6, 6.07) is 14.2. The van der Waals surface area contributed by atoms with Gasteiger partial charge in [-0.15, -0.1) is 0 Å². The minimum absolute atomic E-state index is 0.344. The fourth-order valence-electron chi connectivity index (χ4n) is 2.42. The number of hydrogen-bond donors (Lipinski definition) is 1. The maximum Gasteiger partial charge on any atom is 0.119 e. The lowest BCUT2D eigenvalue weighted by atomic mass is 10.1. The Morgan fingerprint density at radius 1 is 1.24 bits per heavy atom. The van der Waals surface area contributed by atoms with Crippen LogP contribution in [0, 0.1) is 6.92 Å². The first-order chi connectivity index (χ1) is 10.2. The van der Waals surface area contributed by atoms with Crippen LogP contribution >= 0.6 is 8.58 Å². The number of nitrogens with zero attached hydrogens (tertiary/aromatic N) is 1. The number of phenolic OH excluding ortho intramolecular Hbond substituents is 1. The number of benzene rings is 2. The Labute approximate surface area is 128 Å². The molecule has 21 heavy (non-hydrogen) atoms. The van der Waals surface area contributed by atoms with Gasteiger partial charge in [0.2, 0.25) is 0 Å². The third-order valence-electron chi connectivity index (χ3n) is 3.53. The standard InChI is InChI=1S/C18H22NOP/c1-4-17(15-11-13(2)9-10-16(15)20)21-18-8-6-5-7-14(18)12-19-3/h5-12,17,20-21H,4H2,1-3H3/b19-12+. The van der Waals surface area contributed by atoms with Crippen LogP contribution < -0.4 is 5.30 Å². The molecule has 0 spiro atoms. The molecule has 0 fully saturated rings. The summed E-state index contributed by atoms with van der Waals surface area (Å²) < 4.78 is 0. The highest BCUT2D eigenvalue weighted by molar-refractivity contribution is 7.47. The van der Waals surface area contributed by atoms with Gasteiger partial charge in [0.1, 0.15) is 5.75 Å². The van der Waals surface area contributed by atoms with Crippen molar-refractivity contribution in [2.75, 3.05) is 7.05 Å². The first-order valence-electron chi connectivity index (χ1n) is 7.23. The maximum atomic E-state index is 10.2. The Hall–Kier alpha value is -1.66. The lowest BCUT2D eigenvalue weighted by Gasteiger charge is -2.18. The summed E-state index contributed by atoms with van der Waals surface area (Å²) in [5, 5.41) is 11.5. The molecule has 2 atom stereocenters. The second kappa shape index (κ2) is 7.38. The summed E-state index contributed by atoms with van der Waals surface area (Å²) in [7, 11) is 2.42. The zero-order valence-electron chi connectivity index (χ0n) is 12.8. The zero-order chi connectivity index (χ0) is 15.2. The van der Waals surface area contributed by atoms with E-state index >= 15 is 0 Å². The number of aliphatic imine (C=N–C) groups is 1. The summed E-state index contributed by atoms with van der Waals surface area (Å²) in [6.07, 6.45) is 2.91. The molecule has 0 bridgehead atoms. The molecule has 0 aliphatic rings. The summed E-state index contributed by atoms with van der Waals surface area (Å²) in [5.41, 5.74) is 3.76. The van der Waals surface area contributed by atoms with Gasteiger partial charge in [0.05, 0.1) is 0 Å². The smallest absolute Gasteiger partial charge is 0.119 e. The first-order valence-corrected chi connectivity index (χ1v) is 8.30. The van der Waals surface area contributed by atoms with Gasteiger partial charge in [-0.3, -0.25) is 4.99 Å². The maximum absolute atomic E-state index is 10.2. The van der Waals surface area contributed by atoms with Crippen molar-refractivity contribution in [3.05, 3.63) is 59.2 Å². The molecule has 0 aliphatic carbocycles. The van der Waals surface area contributed by atoms with Crippen molar-refractivity contribution in [1.82, 2.24) is 0 Å². The Morgan fingerprint density at radius 3 is 2.71 bits per heavy atom. The van der Waals surface area contributed by atoms with Crippen LogP contribution in [0.2, 0.25) is 0 Å². The van der Waals surface area contributed by atoms with Gasteiger partial charge < -0.3 is 5.11 Å². The summed E-state index contributed by atoms with van der Waals surface area (Å²) in [5.74, 6) is 0.404. The number of aromatic hydroxyl groups is 1. The summed E-state index contributed by atoms with van der Waals surface area (Å²) in [6.45, 7) is 4.24. The molecule has 2 nitrogen and oxygen atoms in total. The molecule has 3 heteroatoms. The molecule has 0 aromatic heterocycles. The lowest BCUT2D eigenvalue weighted by molar-refractivity contribution is 0.467. The zero-order valence-corrected chi connectivity index (χ0v) is 13.8. The first kappa shape index (κ1) is 15.7. The van der Waals surface area contributed by atoms with Gasteiger partial charge in [0.25, 0.3) is 0 Å². The Kier molecular flexibility index (Phi) is 5.52. The number of phenols is 1. The van der Waals surface area contributed by atoms with Crippen molar-refractivity contribution in [1.29, 1.82) is 0 Å². The van der Waals surface area contributed by atoms with Crippen molar-refractivity contribution < 1.29 is 5.11 Å². The molecule has 0 heterocycles. The van der Waals surface area contributed by atoms with E-state index in [1.54, 1.807) is 13.1 Å². The molecule has 0 saturated heterocycles. The van der Waals surface area contributed by atoms with Crippen molar-refractivity contribution in [2.24, 2.45) is 4.99 Å². The monoisotopic (exact) mass is 299 g/mol. The molecule has 0 radical (unpaired) electrons. The second-order valence-electron chi connectivity index (χ2n) is 5.14. The normalized spacial score (nSPS) is 13.3. The molecular weight excluding hydrogens is 277 g/mol. The average molecular weight is 299 g/mol. The molecule has 0 saturated carbocycles. The molecule has 0 amide bonds. The Balaban J connectivity index is 2.33. The van der Waals surface area contributed by atoms with Gasteiger partial charge in [0.15, 0.2) is 0 Å². The van der Waals surface area contributed by atoms with Crippen LogP contribution in [-0.2, 0) is 0 Å². The van der Waals surface area contributed by atoms with E-state index in [1.165, 1.54) is 16.4 Å². The molecule has 2 unspecified atom stereocenters. The SMILES string of the molecule is CCC(Pc1ccccc1/C=N/C)c1cc(C)ccc1O. The third kappa shape index (κ3) is 3.92. The number of hydrogen-bond acceptors (Lipinski definition) is 2. The minimum Gasteiger partial charge on any atom is -0.508 e. The van der Waals surface area contributed by atoms with E-state index in [1.807, 2.05) is 18.3 Å². The highest BCUT2D eigenvalue weighted by Gasteiger charge is 2.15. The highest BCUT2D eigenvalue weighted by Crippen LogP contribution is 2.41. The number of rotatable bonds is 5. The van der Waals surface area contributed by atoms with Gasteiger partial charge in [-0.25, -0.2) is 0 Å².